The summed E-state index contributed by atoms with van der Waals surface area (Å²) in [6.07, 6.45) is 0.883. The van der Waals surface area contributed by atoms with Crippen molar-refractivity contribution in [2.45, 2.75) is 33.7 Å². The Morgan fingerprint density at radius 3 is 2.59 bits per heavy atom. The number of hydrogen-bond donors (Lipinski definition) is 3. The van der Waals surface area contributed by atoms with Crippen molar-refractivity contribution in [3.05, 3.63) is 47.5 Å². The van der Waals surface area contributed by atoms with Crippen LogP contribution in [0.1, 0.15) is 24.7 Å². The van der Waals surface area contributed by atoms with Gasteiger partial charge in [0, 0.05) is 31.0 Å². The minimum atomic E-state index is -0.342. The highest BCUT2D eigenvalue weighted by molar-refractivity contribution is 5.94. The quantitative estimate of drug-likeness (QED) is 0.376. The summed E-state index contributed by atoms with van der Waals surface area (Å²) in [5.41, 5.74) is 2.70. The fourth-order valence-corrected chi connectivity index (χ4v) is 2.56. The summed E-state index contributed by atoms with van der Waals surface area (Å²) in [5, 5.41) is 13.4. The molecule has 0 aliphatic carbocycles. The molecule has 2 rings (SSSR count). The van der Waals surface area contributed by atoms with Gasteiger partial charge in [0.05, 0.1) is 5.69 Å². The predicted molar refractivity (Wildman–Crippen MR) is 105 cm³/mol. The Balaban J connectivity index is 1.77. The molecule has 0 fully saturated rings. The minimum Gasteiger partial charge on any atom is -0.357 e. The molecule has 0 saturated carbocycles. The zero-order valence-electron chi connectivity index (χ0n) is 16.1. The van der Waals surface area contributed by atoms with Crippen LogP contribution in [0.5, 0.6) is 0 Å². The first-order valence-corrected chi connectivity index (χ1v) is 9.06. The zero-order valence-corrected chi connectivity index (χ0v) is 16.1. The SMILES string of the molecule is CCNC(=NCC(=O)Nc1ccc(F)cc1)NCCCn1nc(C)cc1C. The second-order valence-corrected chi connectivity index (χ2v) is 6.18. The van der Waals surface area contributed by atoms with Gasteiger partial charge in [0.25, 0.3) is 0 Å². The fraction of sp³-hybridized carbons (Fsp3) is 0.421. The molecule has 1 heterocycles. The smallest absolute Gasteiger partial charge is 0.246 e. The van der Waals surface area contributed by atoms with E-state index in [4.69, 9.17) is 0 Å². The number of nitrogens with zero attached hydrogens (tertiary/aromatic N) is 3. The second-order valence-electron chi connectivity index (χ2n) is 6.18. The third kappa shape index (κ3) is 7.08. The van der Waals surface area contributed by atoms with E-state index in [9.17, 15) is 9.18 Å². The Labute approximate surface area is 159 Å². The Morgan fingerprint density at radius 1 is 1.22 bits per heavy atom. The van der Waals surface area contributed by atoms with Crippen molar-refractivity contribution in [2.24, 2.45) is 4.99 Å². The summed E-state index contributed by atoms with van der Waals surface area (Å²) in [5.74, 6) is -0.0216. The molecule has 1 aromatic carbocycles. The average Bonchev–Trinajstić information content (AvgIpc) is 2.95. The van der Waals surface area contributed by atoms with E-state index < -0.39 is 0 Å². The molecule has 0 bridgehead atoms. The highest BCUT2D eigenvalue weighted by atomic mass is 19.1. The lowest BCUT2D eigenvalue weighted by atomic mass is 10.3. The normalized spacial score (nSPS) is 11.3. The van der Waals surface area contributed by atoms with Crippen molar-refractivity contribution in [3.63, 3.8) is 0 Å². The van der Waals surface area contributed by atoms with Crippen LogP contribution in [0.15, 0.2) is 35.3 Å². The number of hydrogen-bond acceptors (Lipinski definition) is 3. The van der Waals surface area contributed by atoms with Gasteiger partial charge in [-0.15, -0.1) is 0 Å². The standard InChI is InChI=1S/C19H27FN6O/c1-4-21-19(22-10-5-11-26-15(3)12-14(2)25-26)23-13-18(27)24-17-8-6-16(20)7-9-17/h6-9,12H,4-5,10-11,13H2,1-3H3,(H,24,27)(H2,21,22,23). The van der Waals surface area contributed by atoms with E-state index in [2.05, 4.69) is 32.1 Å². The summed E-state index contributed by atoms with van der Waals surface area (Å²) in [6.45, 7) is 8.19. The number of benzene rings is 1. The van der Waals surface area contributed by atoms with Gasteiger partial charge < -0.3 is 16.0 Å². The van der Waals surface area contributed by atoms with E-state index in [0.717, 1.165) is 24.4 Å². The van der Waals surface area contributed by atoms with E-state index in [-0.39, 0.29) is 18.3 Å². The van der Waals surface area contributed by atoms with Crippen molar-refractivity contribution in [3.8, 4) is 0 Å². The first-order chi connectivity index (χ1) is 13.0. The molecule has 2 aromatic rings. The summed E-state index contributed by atoms with van der Waals surface area (Å²) in [7, 11) is 0. The van der Waals surface area contributed by atoms with Crippen LogP contribution in [-0.4, -0.2) is 41.3 Å². The summed E-state index contributed by atoms with van der Waals surface area (Å²) in [4.78, 5) is 16.3. The lowest BCUT2D eigenvalue weighted by Crippen LogP contribution is -2.38. The van der Waals surface area contributed by atoms with Gasteiger partial charge in [-0.05, 0) is 57.5 Å². The minimum absolute atomic E-state index is 0.0236. The Morgan fingerprint density at radius 2 is 1.96 bits per heavy atom. The lowest BCUT2D eigenvalue weighted by Gasteiger charge is -2.12. The lowest BCUT2D eigenvalue weighted by molar-refractivity contribution is -0.114. The average molecular weight is 374 g/mol. The molecule has 7 nitrogen and oxygen atoms in total. The van der Waals surface area contributed by atoms with Gasteiger partial charge in [-0.25, -0.2) is 9.38 Å². The predicted octanol–water partition coefficient (Wildman–Crippen LogP) is 2.22. The molecule has 3 N–H and O–H groups in total. The highest BCUT2D eigenvalue weighted by Crippen LogP contribution is 2.07. The second kappa shape index (κ2) is 10.3. The number of carbonyl (C=O) groups excluding carboxylic acids is 1. The number of aryl methyl sites for hydroxylation is 3. The van der Waals surface area contributed by atoms with Crippen LogP contribution in [0.4, 0.5) is 10.1 Å². The number of carbonyl (C=O) groups is 1. The van der Waals surface area contributed by atoms with Crippen molar-refractivity contribution in [2.75, 3.05) is 25.0 Å². The van der Waals surface area contributed by atoms with Crippen molar-refractivity contribution in [1.82, 2.24) is 20.4 Å². The van der Waals surface area contributed by atoms with Crippen LogP contribution in [0, 0.1) is 19.7 Å². The van der Waals surface area contributed by atoms with Gasteiger partial charge in [-0.1, -0.05) is 0 Å². The summed E-state index contributed by atoms with van der Waals surface area (Å²) < 4.78 is 14.9. The first-order valence-electron chi connectivity index (χ1n) is 9.06. The molecule has 8 heteroatoms. The van der Waals surface area contributed by atoms with E-state index in [1.54, 1.807) is 0 Å². The molecule has 0 atom stereocenters. The van der Waals surface area contributed by atoms with E-state index in [1.807, 2.05) is 25.5 Å². The third-order valence-electron chi connectivity index (χ3n) is 3.80. The van der Waals surface area contributed by atoms with Crippen molar-refractivity contribution >= 4 is 17.6 Å². The maximum absolute atomic E-state index is 12.9. The molecule has 1 aromatic heterocycles. The van der Waals surface area contributed by atoms with E-state index in [0.29, 0.717) is 24.7 Å². The number of amides is 1. The molecule has 0 unspecified atom stereocenters. The number of aliphatic imine (C=N–C) groups is 1. The van der Waals surface area contributed by atoms with Gasteiger partial charge >= 0.3 is 0 Å². The van der Waals surface area contributed by atoms with Crippen LogP contribution >= 0.6 is 0 Å². The Hall–Kier alpha value is -2.90. The molecule has 0 saturated heterocycles. The maximum Gasteiger partial charge on any atom is 0.246 e. The number of nitrogens with one attached hydrogen (secondary N) is 3. The van der Waals surface area contributed by atoms with Crippen LogP contribution < -0.4 is 16.0 Å². The van der Waals surface area contributed by atoms with Crippen LogP contribution in [0.25, 0.3) is 0 Å². The molecule has 0 spiro atoms. The molecule has 0 radical (unpaired) electrons. The largest absolute Gasteiger partial charge is 0.357 e. The number of anilines is 1. The zero-order chi connectivity index (χ0) is 19.6. The molecule has 27 heavy (non-hydrogen) atoms. The van der Waals surface area contributed by atoms with Gasteiger partial charge in [0.2, 0.25) is 5.91 Å². The van der Waals surface area contributed by atoms with Gasteiger partial charge in [0.15, 0.2) is 5.96 Å². The number of rotatable bonds is 8. The summed E-state index contributed by atoms with van der Waals surface area (Å²) in [6, 6.07) is 7.68. The van der Waals surface area contributed by atoms with Crippen LogP contribution in [-0.2, 0) is 11.3 Å². The molecular weight excluding hydrogens is 347 g/mol. The summed E-state index contributed by atoms with van der Waals surface area (Å²) >= 11 is 0. The number of guanidine groups is 1. The number of halogens is 1. The molecule has 0 aliphatic heterocycles. The third-order valence-corrected chi connectivity index (χ3v) is 3.80. The first kappa shape index (κ1) is 20.4. The van der Waals surface area contributed by atoms with Gasteiger partial charge in [-0.3, -0.25) is 9.48 Å². The van der Waals surface area contributed by atoms with Gasteiger partial charge in [0.1, 0.15) is 12.4 Å². The van der Waals surface area contributed by atoms with Crippen LogP contribution in [0.2, 0.25) is 0 Å². The fourth-order valence-electron chi connectivity index (χ4n) is 2.56. The van der Waals surface area contributed by atoms with E-state index in [1.165, 1.54) is 24.3 Å². The highest BCUT2D eigenvalue weighted by Gasteiger charge is 2.04. The van der Waals surface area contributed by atoms with Gasteiger partial charge in [-0.2, -0.15) is 5.10 Å². The molecule has 146 valence electrons. The topological polar surface area (TPSA) is 83.3 Å². The molecule has 0 aliphatic rings. The van der Waals surface area contributed by atoms with Crippen molar-refractivity contribution in [1.29, 1.82) is 0 Å². The Kier molecular flexibility index (Phi) is 7.79. The van der Waals surface area contributed by atoms with Crippen molar-refractivity contribution < 1.29 is 9.18 Å². The number of aromatic nitrogens is 2. The Bertz CT molecular complexity index is 769. The molecular formula is C19H27FN6O. The maximum atomic E-state index is 12.9. The molecule has 1 amide bonds. The van der Waals surface area contributed by atoms with E-state index >= 15 is 0 Å². The monoisotopic (exact) mass is 374 g/mol. The van der Waals surface area contributed by atoms with Crippen LogP contribution in [0.3, 0.4) is 0 Å².